The first-order valence-corrected chi connectivity index (χ1v) is 7.84. The lowest BCUT2D eigenvalue weighted by Gasteiger charge is -2.27. The van der Waals surface area contributed by atoms with Crippen molar-refractivity contribution < 1.29 is 4.74 Å². The van der Waals surface area contributed by atoms with Crippen molar-refractivity contribution in [2.24, 2.45) is 0 Å². The molecule has 0 amide bonds. The van der Waals surface area contributed by atoms with Crippen molar-refractivity contribution in [2.45, 2.75) is 31.9 Å². The quantitative estimate of drug-likeness (QED) is 0.903. The van der Waals surface area contributed by atoms with Crippen molar-refractivity contribution in [3.63, 3.8) is 0 Å². The van der Waals surface area contributed by atoms with Gasteiger partial charge in [0.25, 0.3) is 0 Å². The fraction of sp³-hybridized carbons (Fsp3) is 0.733. The lowest BCUT2D eigenvalue weighted by Crippen LogP contribution is -2.37. The number of aromatic nitrogens is 2. The van der Waals surface area contributed by atoms with E-state index in [9.17, 15) is 0 Å². The van der Waals surface area contributed by atoms with E-state index in [0.717, 1.165) is 30.5 Å². The lowest BCUT2D eigenvalue weighted by atomic mass is 10.2. The van der Waals surface area contributed by atoms with Crippen molar-refractivity contribution in [1.29, 1.82) is 0 Å². The second-order valence-electron chi connectivity index (χ2n) is 5.84. The van der Waals surface area contributed by atoms with E-state index in [1.54, 1.807) is 7.11 Å². The number of rotatable bonds is 4. The zero-order valence-electron chi connectivity index (χ0n) is 13.0. The summed E-state index contributed by atoms with van der Waals surface area (Å²) in [6, 6.07) is 2.73. The Morgan fingerprint density at radius 1 is 1.29 bits per heavy atom. The van der Waals surface area contributed by atoms with Crippen LogP contribution in [0.4, 0.5) is 11.6 Å². The maximum Gasteiger partial charge on any atom is 0.158 e. The van der Waals surface area contributed by atoms with E-state index in [0.29, 0.717) is 12.6 Å². The third-order valence-corrected chi connectivity index (χ3v) is 4.42. The van der Waals surface area contributed by atoms with Crippen LogP contribution >= 0.6 is 0 Å². The van der Waals surface area contributed by atoms with Crippen LogP contribution in [0.2, 0.25) is 0 Å². The van der Waals surface area contributed by atoms with Gasteiger partial charge in [0.15, 0.2) is 5.82 Å². The highest BCUT2D eigenvalue weighted by Crippen LogP contribution is 2.25. The zero-order valence-corrected chi connectivity index (χ0v) is 13.0. The van der Waals surface area contributed by atoms with Gasteiger partial charge in [-0.3, -0.25) is 4.90 Å². The number of hydrogen-bond donors (Lipinski definition) is 1. The van der Waals surface area contributed by atoms with Crippen LogP contribution in [0.25, 0.3) is 0 Å². The number of ether oxygens (including phenoxy) is 1. The number of methoxy groups -OCH3 is 1. The highest BCUT2D eigenvalue weighted by molar-refractivity contribution is 5.49. The summed E-state index contributed by atoms with van der Waals surface area (Å²) in [5, 5.41) is 3.12. The third-order valence-electron chi connectivity index (χ3n) is 4.42. The summed E-state index contributed by atoms with van der Waals surface area (Å²) in [6.45, 7) is 5.08. The molecule has 3 rings (SSSR count). The average Bonchev–Trinajstić information content (AvgIpc) is 2.84. The van der Waals surface area contributed by atoms with Crippen LogP contribution in [0.5, 0.6) is 0 Å². The Labute approximate surface area is 126 Å². The van der Waals surface area contributed by atoms with E-state index in [2.05, 4.69) is 25.1 Å². The van der Waals surface area contributed by atoms with E-state index >= 15 is 0 Å². The van der Waals surface area contributed by atoms with Crippen molar-refractivity contribution in [1.82, 2.24) is 14.9 Å². The topological polar surface area (TPSA) is 53.5 Å². The van der Waals surface area contributed by atoms with E-state index in [1.807, 2.05) is 13.1 Å². The largest absolute Gasteiger partial charge is 0.377 e. The fourth-order valence-electron chi connectivity index (χ4n) is 3.38. The molecule has 0 saturated carbocycles. The molecule has 1 atom stereocenters. The molecule has 0 aliphatic carbocycles. The number of fused-ring (bicyclic) bond motifs is 1. The molecule has 3 heterocycles. The molecule has 1 unspecified atom stereocenters. The Hall–Kier alpha value is -1.40. The molecule has 2 aliphatic rings. The third kappa shape index (κ3) is 3.27. The molecule has 0 radical (unpaired) electrons. The summed E-state index contributed by atoms with van der Waals surface area (Å²) in [6.07, 6.45) is 3.85. The molecule has 1 aromatic heterocycles. The van der Waals surface area contributed by atoms with Gasteiger partial charge in [0, 0.05) is 45.9 Å². The monoisotopic (exact) mass is 291 g/mol. The smallest absolute Gasteiger partial charge is 0.158 e. The summed E-state index contributed by atoms with van der Waals surface area (Å²) in [5.41, 5.74) is 0. The Morgan fingerprint density at radius 3 is 2.95 bits per heavy atom. The van der Waals surface area contributed by atoms with Crippen molar-refractivity contribution in [3.8, 4) is 0 Å². The first-order chi connectivity index (χ1) is 10.3. The van der Waals surface area contributed by atoms with Gasteiger partial charge in [0.2, 0.25) is 0 Å². The molecule has 116 valence electrons. The van der Waals surface area contributed by atoms with Crippen LogP contribution in [0.15, 0.2) is 6.07 Å². The summed E-state index contributed by atoms with van der Waals surface area (Å²) in [4.78, 5) is 14.2. The number of hydrogen-bond acceptors (Lipinski definition) is 6. The van der Waals surface area contributed by atoms with E-state index < -0.39 is 0 Å². The van der Waals surface area contributed by atoms with Crippen molar-refractivity contribution in [3.05, 3.63) is 11.9 Å². The molecule has 1 N–H and O–H groups in total. The van der Waals surface area contributed by atoms with Crippen LogP contribution in [-0.2, 0) is 11.3 Å². The van der Waals surface area contributed by atoms with E-state index in [-0.39, 0.29) is 0 Å². The van der Waals surface area contributed by atoms with Crippen molar-refractivity contribution in [2.75, 3.05) is 50.6 Å². The lowest BCUT2D eigenvalue weighted by molar-refractivity contribution is 0.178. The summed E-state index contributed by atoms with van der Waals surface area (Å²) in [7, 11) is 3.57. The highest BCUT2D eigenvalue weighted by atomic mass is 16.5. The summed E-state index contributed by atoms with van der Waals surface area (Å²) < 4.78 is 5.18. The Kier molecular flexibility index (Phi) is 4.55. The zero-order chi connectivity index (χ0) is 14.7. The van der Waals surface area contributed by atoms with Gasteiger partial charge in [-0.1, -0.05) is 0 Å². The van der Waals surface area contributed by atoms with E-state index in [4.69, 9.17) is 4.74 Å². The first kappa shape index (κ1) is 14.5. The highest BCUT2D eigenvalue weighted by Gasteiger charge is 2.29. The second kappa shape index (κ2) is 6.58. The van der Waals surface area contributed by atoms with Gasteiger partial charge in [-0.15, -0.1) is 0 Å². The number of anilines is 2. The van der Waals surface area contributed by atoms with Crippen molar-refractivity contribution >= 4 is 11.6 Å². The second-order valence-corrected chi connectivity index (χ2v) is 5.84. The predicted molar refractivity (Wildman–Crippen MR) is 83.7 cm³/mol. The van der Waals surface area contributed by atoms with Crippen LogP contribution in [0.1, 0.15) is 25.1 Å². The Bertz CT molecular complexity index is 481. The maximum atomic E-state index is 5.18. The molecule has 0 bridgehead atoms. The Morgan fingerprint density at radius 2 is 2.14 bits per heavy atom. The SMILES string of the molecule is CNc1cc(N2CCCN3CCCC3C2)nc(COC)n1. The average molecular weight is 291 g/mol. The molecule has 6 nitrogen and oxygen atoms in total. The van der Waals surface area contributed by atoms with Gasteiger partial charge in [-0.25, -0.2) is 9.97 Å². The summed E-state index contributed by atoms with van der Waals surface area (Å²) >= 11 is 0. The number of nitrogens with zero attached hydrogens (tertiary/aromatic N) is 4. The molecule has 0 aromatic carbocycles. The fourth-order valence-corrected chi connectivity index (χ4v) is 3.38. The van der Waals surface area contributed by atoms with Gasteiger partial charge in [-0.05, 0) is 25.8 Å². The maximum absolute atomic E-state index is 5.18. The van der Waals surface area contributed by atoms with Gasteiger partial charge < -0.3 is 15.0 Å². The molecular formula is C15H25N5O. The van der Waals surface area contributed by atoms with Crippen LogP contribution in [0, 0.1) is 0 Å². The molecule has 2 saturated heterocycles. The molecule has 21 heavy (non-hydrogen) atoms. The van der Waals surface area contributed by atoms with Crippen LogP contribution < -0.4 is 10.2 Å². The van der Waals surface area contributed by atoms with Crippen LogP contribution in [0.3, 0.4) is 0 Å². The number of nitrogens with one attached hydrogen (secondary N) is 1. The minimum absolute atomic E-state index is 0.450. The van der Waals surface area contributed by atoms with Gasteiger partial charge in [0.1, 0.15) is 18.2 Å². The standard InChI is InChI=1S/C15H25N5O/c1-16-13-9-15(18-14(17-13)11-21-2)20-8-4-7-19-6-3-5-12(19)10-20/h9,12H,3-8,10-11H2,1-2H3,(H,16,17,18). The first-order valence-electron chi connectivity index (χ1n) is 7.84. The molecule has 2 aliphatic heterocycles. The minimum atomic E-state index is 0.450. The Balaban J connectivity index is 1.82. The molecule has 6 heteroatoms. The molecule has 2 fully saturated rings. The van der Waals surface area contributed by atoms with Crippen LogP contribution in [-0.4, -0.2) is 61.2 Å². The van der Waals surface area contributed by atoms with Gasteiger partial charge >= 0.3 is 0 Å². The molecule has 0 spiro atoms. The predicted octanol–water partition coefficient (Wildman–Crippen LogP) is 1.34. The molecule has 1 aromatic rings. The van der Waals surface area contributed by atoms with E-state index in [1.165, 1.54) is 32.4 Å². The normalized spacial score (nSPS) is 23.0. The molecular weight excluding hydrogens is 266 g/mol. The van der Waals surface area contributed by atoms with Gasteiger partial charge in [0.05, 0.1) is 0 Å². The van der Waals surface area contributed by atoms with Gasteiger partial charge in [-0.2, -0.15) is 0 Å². The minimum Gasteiger partial charge on any atom is -0.377 e. The summed E-state index contributed by atoms with van der Waals surface area (Å²) in [5.74, 6) is 2.63.